The minimum atomic E-state index is -3.99. The number of phenols is 1. The van der Waals surface area contributed by atoms with Crippen LogP contribution in [0.25, 0.3) is 0 Å². The Bertz CT molecular complexity index is 1220. The summed E-state index contributed by atoms with van der Waals surface area (Å²) in [5, 5.41) is 13.5. The summed E-state index contributed by atoms with van der Waals surface area (Å²) in [6.45, 7) is 0. The maximum Gasteiger partial charge on any atom is 0.345 e. The molecule has 1 saturated carbocycles. The molecular weight excluding hydrogens is 454 g/mol. The summed E-state index contributed by atoms with van der Waals surface area (Å²) in [5.41, 5.74) is 1.26. The van der Waals surface area contributed by atoms with E-state index in [2.05, 4.69) is 14.4 Å². The van der Waals surface area contributed by atoms with E-state index in [0.717, 1.165) is 31.2 Å². The first kappa shape index (κ1) is 23.7. The van der Waals surface area contributed by atoms with Gasteiger partial charge in [0.05, 0.1) is 17.3 Å². The van der Waals surface area contributed by atoms with Crippen LogP contribution in [0.5, 0.6) is 5.75 Å². The van der Waals surface area contributed by atoms with Crippen molar-refractivity contribution in [3.63, 3.8) is 0 Å². The van der Waals surface area contributed by atoms with Gasteiger partial charge in [0.15, 0.2) is 17.4 Å². The fourth-order valence-electron chi connectivity index (χ4n) is 4.40. The first-order valence-electron chi connectivity index (χ1n) is 11.3. The molecule has 1 aliphatic heterocycles. The van der Waals surface area contributed by atoms with Gasteiger partial charge in [0.25, 0.3) is 5.91 Å². The maximum absolute atomic E-state index is 12.4. The van der Waals surface area contributed by atoms with Crippen LogP contribution in [-0.4, -0.2) is 50.1 Å². The molecule has 1 amide bonds. The third kappa shape index (κ3) is 5.22. The largest absolute Gasteiger partial charge is 0.505 e. The Kier molecular flexibility index (Phi) is 6.87. The molecule has 0 spiro atoms. The number of benzene rings is 2. The first-order valence-corrected chi connectivity index (χ1v) is 12.8. The number of amides is 1. The average Bonchev–Trinajstić information content (AvgIpc) is 3.12. The van der Waals surface area contributed by atoms with E-state index in [9.17, 15) is 18.3 Å². The summed E-state index contributed by atoms with van der Waals surface area (Å²) in [7, 11) is -0.823. The van der Waals surface area contributed by atoms with Gasteiger partial charge < -0.3 is 15.3 Å². The van der Waals surface area contributed by atoms with Gasteiger partial charge >= 0.3 is 10.2 Å². The van der Waals surface area contributed by atoms with Crippen molar-refractivity contribution < 1.29 is 18.3 Å². The number of amidine groups is 2. The van der Waals surface area contributed by atoms with Crippen molar-refractivity contribution in [2.75, 3.05) is 19.4 Å². The molecule has 0 bridgehead atoms. The van der Waals surface area contributed by atoms with Crippen LogP contribution in [0.1, 0.15) is 54.1 Å². The van der Waals surface area contributed by atoms with Gasteiger partial charge in [-0.1, -0.05) is 55.7 Å². The van der Waals surface area contributed by atoms with E-state index >= 15 is 0 Å². The van der Waals surface area contributed by atoms with E-state index in [1.165, 1.54) is 17.4 Å². The van der Waals surface area contributed by atoms with Crippen LogP contribution in [0.3, 0.4) is 0 Å². The number of aromatic hydroxyl groups is 1. The number of aliphatic imine (C=N–C) groups is 1. The second-order valence-corrected chi connectivity index (χ2v) is 10.1. The SMILES string of the molecule is CN(C)C(=O)c1cccc(NC2=NS(=O)(=O)NC2=NC(c2ccccc2)C2CCCCC2)c1O. The summed E-state index contributed by atoms with van der Waals surface area (Å²) in [6, 6.07) is 14.2. The molecule has 1 aliphatic carbocycles. The lowest BCUT2D eigenvalue weighted by molar-refractivity contribution is 0.0824. The number of carbonyl (C=O) groups is 1. The smallest absolute Gasteiger partial charge is 0.345 e. The van der Waals surface area contributed by atoms with Gasteiger partial charge in [0, 0.05) is 14.1 Å². The van der Waals surface area contributed by atoms with Crippen LogP contribution in [-0.2, 0) is 10.2 Å². The topological polar surface area (TPSA) is 123 Å². The minimum absolute atomic E-state index is 0.0264. The average molecular weight is 484 g/mol. The Morgan fingerprint density at radius 3 is 2.50 bits per heavy atom. The fourth-order valence-corrected chi connectivity index (χ4v) is 5.21. The molecule has 0 saturated heterocycles. The van der Waals surface area contributed by atoms with Crippen LogP contribution in [0, 0.1) is 5.92 Å². The molecule has 1 atom stereocenters. The molecule has 0 aromatic heterocycles. The van der Waals surface area contributed by atoms with Crippen LogP contribution in [0.4, 0.5) is 5.69 Å². The molecule has 2 aromatic rings. The standard InChI is InChI=1S/C24H29N5O4S/c1-29(2)24(31)18-14-9-15-19(21(18)30)25-22-23(28-34(32,33)27-22)26-20(16-10-5-3-6-11-16)17-12-7-4-8-13-17/h3,5-6,9-11,14-15,17,20,30H,4,7-8,12-13H2,1-2H3,(H,25,27)(H,26,28). The summed E-state index contributed by atoms with van der Waals surface area (Å²) in [6.07, 6.45) is 5.45. The third-order valence-electron chi connectivity index (χ3n) is 6.09. The maximum atomic E-state index is 12.4. The highest BCUT2D eigenvalue weighted by Crippen LogP contribution is 2.37. The van der Waals surface area contributed by atoms with Gasteiger partial charge in [-0.25, -0.2) is 4.72 Å². The second kappa shape index (κ2) is 9.84. The molecule has 1 heterocycles. The second-order valence-electron chi connectivity index (χ2n) is 8.77. The molecule has 2 aromatic carbocycles. The Labute approximate surface area is 199 Å². The van der Waals surface area contributed by atoms with Crippen LogP contribution >= 0.6 is 0 Å². The predicted molar refractivity (Wildman–Crippen MR) is 132 cm³/mol. The van der Waals surface area contributed by atoms with E-state index < -0.39 is 10.2 Å². The lowest BCUT2D eigenvalue weighted by Gasteiger charge is -2.28. The van der Waals surface area contributed by atoms with Crippen LogP contribution in [0.2, 0.25) is 0 Å². The van der Waals surface area contributed by atoms with Crippen molar-refractivity contribution in [1.29, 1.82) is 0 Å². The molecular formula is C24H29N5O4S. The number of phenolic OH excluding ortho intramolecular Hbond substituents is 1. The number of rotatable bonds is 5. The highest BCUT2D eigenvalue weighted by atomic mass is 32.2. The number of carbonyl (C=O) groups excluding carboxylic acids is 1. The van der Waals surface area contributed by atoms with Crippen molar-refractivity contribution in [3.8, 4) is 5.75 Å². The number of para-hydroxylation sites is 1. The highest BCUT2D eigenvalue weighted by molar-refractivity contribution is 7.89. The molecule has 180 valence electrons. The molecule has 4 rings (SSSR count). The first-order chi connectivity index (χ1) is 16.2. The summed E-state index contributed by atoms with van der Waals surface area (Å²) in [5.74, 6) is -0.330. The highest BCUT2D eigenvalue weighted by Gasteiger charge is 2.31. The predicted octanol–water partition coefficient (Wildman–Crippen LogP) is 3.47. The zero-order valence-corrected chi connectivity index (χ0v) is 20.0. The van der Waals surface area contributed by atoms with E-state index in [1.54, 1.807) is 26.2 Å². The van der Waals surface area contributed by atoms with Gasteiger partial charge in [0.1, 0.15) is 0 Å². The van der Waals surface area contributed by atoms with Gasteiger partial charge in [-0.2, -0.15) is 8.42 Å². The van der Waals surface area contributed by atoms with Gasteiger partial charge in [-0.15, -0.1) is 4.40 Å². The van der Waals surface area contributed by atoms with Crippen LogP contribution in [0.15, 0.2) is 57.9 Å². The Morgan fingerprint density at radius 1 is 1.12 bits per heavy atom. The molecule has 0 radical (unpaired) electrons. The van der Waals surface area contributed by atoms with Crippen molar-refractivity contribution in [2.45, 2.75) is 38.1 Å². The number of nitrogens with zero attached hydrogens (tertiary/aromatic N) is 3. The van der Waals surface area contributed by atoms with Crippen molar-refractivity contribution in [2.24, 2.45) is 15.3 Å². The summed E-state index contributed by atoms with van der Waals surface area (Å²) in [4.78, 5) is 18.6. The quantitative estimate of drug-likeness (QED) is 0.562. The zero-order valence-electron chi connectivity index (χ0n) is 19.2. The third-order valence-corrected chi connectivity index (χ3v) is 6.97. The van der Waals surface area contributed by atoms with E-state index in [0.29, 0.717) is 0 Å². The molecule has 3 N–H and O–H groups in total. The molecule has 34 heavy (non-hydrogen) atoms. The van der Waals surface area contributed by atoms with E-state index in [1.807, 2.05) is 30.3 Å². The number of hydrogen-bond donors (Lipinski definition) is 3. The molecule has 10 heteroatoms. The monoisotopic (exact) mass is 483 g/mol. The molecule has 2 aliphatic rings. The molecule has 1 fully saturated rings. The van der Waals surface area contributed by atoms with Crippen molar-refractivity contribution >= 4 is 33.5 Å². The number of nitrogens with one attached hydrogen (secondary N) is 2. The number of hydrogen-bond acceptors (Lipinski definition) is 6. The Morgan fingerprint density at radius 2 is 1.82 bits per heavy atom. The van der Waals surface area contributed by atoms with Gasteiger partial charge in [-0.05, 0) is 36.5 Å². The minimum Gasteiger partial charge on any atom is -0.505 e. The Hall–Kier alpha value is -3.40. The van der Waals surface area contributed by atoms with Gasteiger partial charge in [0.2, 0.25) is 0 Å². The summed E-state index contributed by atoms with van der Waals surface area (Å²) >= 11 is 0. The zero-order chi connectivity index (χ0) is 24.3. The fraction of sp³-hybridized carbons (Fsp3) is 0.375. The number of anilines is 1. The van der Waals surface area contributed by atoms with E-state index in [4.69, 9.17) is 4.99 Å². The lowest BCUT2D eigenvalue weighted by atomic mass is 9.81. The Balaban J connectivity index is 1.70. The normalized spacial score (nSPS) is 19.8. The molecule has 1 unspecified atom stereocenters. The lowest BCUT2D eigenvalue weighted by Crippen LogP contribution is -2.32. The van der Waals surface area contributed by atoms with Gasteiger partial charge in [-0.3, -0.25) is 9.79 Å². The van der Waals surface area contributed by atoms with E-state index in [-0.39, 0.29) is 46.5 Å². The van der Waals surface area contributed by atoms with Crippen molar-refractivity contribution in [3.05, 3.63) is 59.7 Å². The van der Waals surface area contributed by atoms with Crippen LogP contribution < -0.4 is 10.0 Å². The van der Waals surface area contributed by atoms with Crippen molar-refractivity contribution in [1.82, 2.24) is 9.62 Å². The molecule has 9 nitrogen and oxygen atoms in total. The summed E-state index contributed by atoms with van der Waals surface area (Å²) < 4.78 is 30.9.